The molecule has 152 valence electrons. The molecular weight excluding hydrogens is 374 g/mol. The molecule has 2 aliphatic rings. The second-order valence-electron chi connectivity index (χ2n) is 7.47. The molecule has 28 heavy (non-hydrogen) atoms. The van der Waals surface area contributed by atoms with Crippen LogP contribution in [-0.4, -0.2) is 65.8 Å². The zero-order valence-electron chi connectivity index (χ0n) is 16.9. The summed E-state index contributed by atoms with van der Waals surface area (Å²) in [7, 11) is 0. The largest absolute Gasteiger partial charge is 0.364 e. The molecule has 0 atom stereocenters. The Kier molecular flexibility index (Phi) is 7.13. The van der Waals surface area contributed by atoms with Gasteiger partial charge in [-0.25, -0.2) is 0 Å². The summed E-state index contributed by atoms with van der Waals surface area (Å²) in [6, 6.07) is 7.23. The van der Waals surface area contributed by atoms with Crippen LogP contribution in [0.2, 0.25) is 5.02 Å². The zero-order valence-corrected chi connectivity index (χ0v) is 17.7. The molecule has 0 aromatic heterocycles. The van der Waals surface area contributed by atoms with E-state index in [1.807, 2.05) is 12.1 Å². The van der Waals surface area contributed by atoms with Crippen LogP contribution >= 0.6 is 11.6 Å². The summed E-state index contributed by atoms with van der Waals surface area (Å²) < 4.78 is 0. The third-order valence-electron chi connectivity index (χ3n) is 5.65. The molecule has 0 radical (unpaired) electrons. The maximum absolute atomic E-state index is 13.2. The van der Waals surface area contributed by atoms with Crippen molar-refractivity contribution in [3.63, 3.8) is 0 Å². The van der Waals surface area contributed by atoms with E-state index in [0.29, 0.717) is 22.8 Å². The summed E-state index contributed by atoms with van der Waals surface area (Å²) in [5.74, 6) is -0.312. The smallest absolute Gasteiger partial charge is 0.277 e. The van der Waals surface area contributed by atoms with Crippen LogP contribution in [0.1, 0.15) is 45.1 Å². The number of nitrogens with zero attached hydrogens (tertiary/aromatic N) is 3. The van der Waals surface area contributed by atoms with Gasteiger partial charge in [0, 0.05) is 37.7 Å². The van der Waals surface area contributed by atoms with Gasteiger partial charge in [-0.1, -0.05) is 56.8 Å². The molecule has 2 amide bonds. The molecule has 1 aromatic carbocycles. The average Bonchev–Trinajstić information content (AvgIpc) is 2.96. The van der Waals surface area contributed by atoms with E-state index >= 15 is 0 Å². The van der Waals surface area contributed by atoms with Gasteiger partial charge in [-0.05, 0) is 30.7 Å². The number of hydrogen-bond acceptors (Lipinski definition) is 4. The topological polar surface area (TPSA) is 43.9 Å². The SMILES string of the molecule is CCCCCCN1C(=O)C(c2ccc(Cl)cc2)=C(N2CCN(CC)CC2)C1=O. The lowest BCUT2D eigenvalue weighted by atomic mass is 10.0. The number of benzene rings is 1. The van der Waals surface area contributed by atoms with E-state index in [0.717, 1.165) is 64.0 Å². The number of halogens is 1. The number of amides is 2. The van der Waals surface area contributed by atoms with Crippen LogP contribution in [0.15, 0.2) is 30.0 Å². The fourth-order valence-electron chi connectivity index (χ4n) is 3.92. The van der Waals surface area contributed by atoms with E-state index in [2.05, 4.69) is 23.6 Å². The minimum atomic E-state index is -0.170. The highest BCUT2D eigenvalue weighted by Crippen LogP contribution is 2.33. The molecule has 0 spiro atoms. The Bertz CT molecular complexity index is 737. The molecule has 6 heteroatoms. The number of unbranched alkanes of at least 4 members (excludes halogenated alkanes) is 3. The summed E-state index contributed by atoms with van der Waals surface area (Å²) >= 11 is 6.03. The van der Waals surface area contributed by atoms with E-state index in [1.54, 1.807) is 12.1 Å². The van der Waals surface area contributed by atoms with E-state index in [-0.39, 0.29) is 11.8 Å². The summed E-state index contributed by atoms with van der Waals surface area (Å²) in [6.45, 7) is 9.15. The van der Waals surface area contributed by atoms with E-state index in [1.165, 1.54) is 4.90 Å². The lowest BCUT2D eigenvalue weighted by Gasteiger charge is -2.36. The average molecular weight is 404 g/mol. The minimum Gasteiger partial charge on any atom is -0.364 e. The molecule has 0 bridgehead atoms. The van der Waals surface area contributed by atoms with Gasteiger partial charge in [0.2, 0.25) is 0 Å². The quantitative estimate of drug-likeness (QED) is 0.491. The second-order valence-corrected chi connectivity index (χ2v) is 7.91. The van der Waals surface area contributed by atoms with Crippen LogP contribution < -0.4 is 0 Å². The second kappa shape index (κ2) is 9.57. The lowest BCUT2D eigenvalue weighted by molar-refractivity contribution is -0.137. The van der Waals surface area contributed by atoms with Crippen LogP contribution in [0.4, 0.5) is 0 Å². The Balaban J connectivity index is 1.88. The first kappa shape index (κ1) is 20.9. The van der Waals surface area contributed by atoms with Gasteiger partial charge in [0.15, 0.2) is 0 Å². The number of hydrogen-bond donors (Lipinski definition) is 0. The Morgan fingerprint density at radius 3 is 2.18 bits per heavy atom. The number of carbonyl (C=O) groups excluding carboxylic acids is 2. The highest BCUT2D eigenvalue weighted by molar-refractivity contribution is 6.36. The molecule has 2 heterocycles. The van der Waals surface area contributed by atoms with Gasteiger partial charge in [0.1, 0.15) is 5.70 Å². The van der Waals surface area contributed by atoms with Crippen molar-refractivity contribution in [3.8, 4) is 0 Å². The predicted molar refractivity (Wildman–Crippen MR) is 113 cm³/mol. The van der Waals surface area contributed by atoms with Crippen molar-refractivity contribution in [2.45, 2.75) is 39.5 Å². The molecular formula is C22H30ClN3O2. The molecule has 3 rings (SSSR count). The molecule has 1 saturated heterocycles. The first-order valence-corrected chi connectivity index (χ1v) is 10.8. The van der Waals surface area contributed by atoms with Gasteiger partial charge >= 0.3 is 0 Å². The minimum absolute atomic E-state index is 0.142. The first-order chi connectivity index (χ1) is 13.6. The van der Waals surface area contributed by atoms with E-state index in [9.17, 15) is 9.59 Å². The third kappa shape index (κ3) is 4.41. The van der Waals surface area contributed by atoms with E-state index < -0.39 is 0 Å². The fraction of sp³-hybridized carbons (Fsp3) is 0.545. The summed E-state index contributed by atoms with van der Waals surface area (Å²) in [5, 5.41) is 0.621. The molecule has 0 aliphatic carbocycles. The maximum Gasteiger partial charge on any atom is 0.277 e. The molecule has 1 fully saturated rings. The Morgan fingerprint density at radius 1 is 0.893 bits per heavy atom. The standard InChI is InChI=1S/C22H30ClN3O2/c1-3-5-6-7-12-26-21(27)19(17-8-10-18(23)11-9-17)20(22(26)28)25-15-13-24(4-2)14-16-25/h8-11H,3-7,12-16H2,1-2H3. The van der Waals surface area contributed by atoms with Crippen LogP contribution in [0, 0.1) is 0 Å². The van der Waals surface area contributed by atoms with Crippen molar-refractivity contribution in [3.05, 3.63) is 40.5 Å². The van der Waals surface area contributed by atoms with Crippen molar-refractivity contribution in [2.75, 3.05) is 39.3 Å². The Hall–Kier alpha value is -1.85. The Labute approximate surface area is 172 Å². The molecule has 0 saturated carbocycles. The zero-order chi connectivity index (χ0) is 20.1. The van der Waals surface area contributed by atoms with Gasteiger partial charge in [-0.15, -0.1) is 0 Å². The van der Waals surface area contributed by atoms with Gasteiger partial charge < -0.3 is 9.80 Å². The van der Waals surface area contributed by atoms with Gasteiger partial charge in [-0.3, -0.25) is 14.5 Å². The Morgan fingerprint density at radius 2 is 1.57 bits per heavy atom. The number of piperazine rings is 1. The first-order valence-electron chi connectivity index (χ1n) is 10.4. The van der Waals surface area contributed by atoms with Crippen LogP contribution in [0.5, 0.6) is 0 Å². The van der Waals surface area contributed by atoms with Crippen molar-refractivity contribution in [1.29, 1.82) is 0 Å². The molecule has 0 unspecified atom stereocenters. The van der Waals surface area contributed by atoms with Crippen LogP contribution in [0.3, 0.4) is 0 Å². The van der Waals surface area contributed by atoms with Crippen LogP contribution in [-0.2, 0) is 9.59 Å². The summed E-state index contributed by atoms with van der Waals surface area (Å²) in [4.78, 5) is 32.4. The summed E-state index contributed by atoms with van der Waals surface area (Å²) in [6.07, 6.45) is 4.15. The van der Waals surface area contributed by atoms with Crippen LogP contribution in [0.25, 0.3) is 5.57 Å². The molecule has 0 N–H and O–H groups in total. The lowest BCUT2D eigenvalue weighted by Crippen LogP contribution is -2.47. The van der Waals surface area contributed by atoms with Crippen molar-refractivity contribution in [2.24, 2.45) is 0 Å². The number of imide groups is 1. The monoisotopic (exact) mass is 403 g/mol. The number of carbonyl (C=O) groups is 2. The fourth-order valence-corrected chi connectivity index (χ4v) is 4.05. The summed E-state index contributed by atoms with van der Waals surface area (Å²) in [5.41, 5.74) is 1.87. The van der Waals surface area contributed by atoms with Gasteiger partial charge in [-0.2, -0.15) is 0 Å². The van der Waals surface area contributed by atoms with Gasteiger partial charge in [0.05, 0.1) is 5.57 Å². The maximum atomic E-state index is 13.2. The predicted octanol–water partition coefficient (Wildman–Crippen LogP) is 3.64. The van der Waals surface area contributed by atoms with Gasteiger partial charge in [0.25, 0.3) is 11.8 Å². The highest BCUT2D eigenvalue weighted by Gasteiger charge is 2.41. The normalized spacial score (nSPS) is 18.5. The van der Waals surface area contributed by atoms with Crippen molar-refractivity contribution < 1.29 is 9.59 Å². The molecule has 1 aromatic rings. The third-order valence-corrected chi connectivity index (χ3v) is 5.90. The number of likely N-dealkylation sites (N-methyl/N-ethyl adjacent to an activating group) is 1. The van der Waals surface area contributed by atoms with Crippen molar-refractivity contribution >= 4 is 29.0 Å². The molecule has 2 aliphatic heterocycles. The van der Waals surface area contributed by atoms with E-state index in [4.69, 9.17) is 11.6 Å². The molecule has 5 nitrogen and oxygen atoms in total. The van der Waals surface area contributed by atoms with Crippen molar-refractivity contribution in [1.82, 2.24) is 14.7 Å². The highest BCUT2D eigenvalue weighted by atomic mass is 35.5. The number of rotatable bonds is 8.